The summed E-state index contributed by atoms with van der Waals surface area (Å²) in [6, 6.07) is 8.16. The van der Waals surface area contributed by atoms with E-state index in [4.69, 9.17) is 4.74 Å². The fourth-order valence-electron chi connectivity index (χ4n) is 3.63. The molecule has 0 bridgehead atoms. The molecule has 1 aliphatic heterocycles. The molecule has 0 spiro atoms. The second kappa shape index (κ2) is 8.68. The van der Waals surface area contributed by atoms with Crippen LogP contribution in [0.5, 0.6) is 0 Å². The Kier molecular flexibility index (Phi) is 7.10. The van der Waals surface area contributed by atoms with Gasteiger partial charge in [-0.05, 0) is 50.7 Å². The summed E-state index contributed by atoms with van der Waals surface area (Å²) >= 11 is 0. The molecule has 3 rings (SSSR count). The van der Waals surface area contributed by atoms with E-state index < -0.39 is 5.60 Å². The fraction of sp³-hybridized carbons (Fsp3) is 0.632. The van der Waals surface area contributed by atoms with Crippen LogP contribution in [0.15, 0.2) is 29.3 Å². The summed E-state index contributed by atoms with van der Waals surface area (Å²) in [6.07, 6.45) is 3.83. The third-order valence-electron chi connectivity index (χ3n) is 5.09. The van der Waals surface area contributed by atoms with Crippen molar-refractivity contribution in [2.75, 3.05) is 26.2 Å². The predicted octanol–water partition coefficient (Wildman–Crippen LogP) is 2.56. The van der Waals surface area contributed by atoms with E-state index in [2.05, 4.69) is 28.6 Å². The van der Waals surface area contributed by atoms with E-state index in [1.807, 2.05) is 25.1 Å². The molecule has 140 valence electrons. The molecule has 2 aliphatic rings. The van der Waals surface area contributed by atoms with Gasteiger partial charge in [-0.15, -0.1) is 24.0 Å². The van der Waals surface area contributed by atoms with E-state index >= 15 is 0 Å². The number of hydrogen-bond acceptors (Lipinski definition) is 3. The van der Waals surface area contributed by atoms with Crippen LogP contribution in [0.25, 0.3) is 0 Å². The minimum Gasteiger partial charge on any atom is -0.383 e. The van der Waals surface area contributed by atoms with Gasteiger partial charge in [0.25, 0.3) is 0 Å². The monoisotopic (exact) mass is 459 g/mol. The number of rotatable bonds is 5. The Morgan fingerprint density at radius 1 is 1.28 bits per heavy atom. The Balaban J connectivity index is 0.00000225. The highest BCUT2D eigenvalue weighted by atomic mass is 127. The molecule has 5 nitrogen and oxygen atoms in total. The Labute approximate surface area is 167 Å². The number of aliphatic imine (C=N–C) groups is 1. The summed E-state index contributed by atoms with van der Waals surface area (Å²) < 4.78 is 5.80. The van der Waals surface area contributed by atoms with Crippen molar-refractivity contribution in [2.24, 2.45) is 4.99 Å². The highest BCUT2D eigenvalue weighted by Crippen LogP contribution is 2.36. The molecule has 0 aromatic heterocycles. The van der Waals surface area contributed by atoms with Crippen LogP contribution in [0.4, 0.5) is 0 Å². The van der Waals surface area contributed by atoms with E-state index in [1.54, 1.807) is 0 Å². The van der Waals surface area contributed by atoms with Crippen molar-refractivity contribution in [3.05, 3.63) is 35.4 Å². The number of aryl methyl sites for hydroxylation is 1. The van der Waals surface area contributed by atoms with Gasteiger partial charge in [-0.25, -0.2) is 0 Å². The SMILES string of the molecule is CCNC(=NCC1(C)CCCO1)NCC1(O)CCc2ccccc21.I. The molecule has 3 N–H and O–H groups in total. The summed E-state index contributed by atoms with van der Waals surface area (Å²) in [5.41, 5.74) is 1.31. The van der Waals surface area contributed by atoms with Gasteiger partial charge in [0.05, 0.1) is 18.7 Å². The maximum absolute atomic E-state index is 11.0. The maximum atomic E-state index is 11.0. The highest BCUT2D eigenvalue weighted by Gasteiger charge is 2.36. The van der Waals surface area contributed by atoms with Gasteiger partial charge in [0.15, 0.2) is 5.96 Å². The van der Waals surface area contributed by atoms with Gasteiger partial charge in [0.1, 0.15) is 5.60 Å². The van der Waals surface area contributed by atoms with Gasteiger partial charge in [-0.1, -0.05) is 24.3 Å². The molecule has 1 aliphatic carbocycles. The zero-order valence-corrected chi connectivity index (χ0v) is 17.5. The molecule has 1 heterocycles. The Bertz CT molecular complexity index is 602. The van der Waals surface area contributed by atoms with Gasteiger partial charge in [-0.2, -0.15) is 0 Å². The molecule has 6 heteroatoms. The number of nitrogens with zero attached hydrogens (tertiary/aromatic N) is 1. The maximum Gasteiger partial charge on any atom is 0.191 e. The summed E-state index contributed by atoms with van der Waals surface area (Å²) in [4.78, 5) is 4.67. The predicted molar refractivity (Wildman–Crippen MR) is 112 cm³/mol. The molecular formula is C19H30IN3O2. The van der Waals surface area contributed by atoms with Crippen molar-refractivity contribution in [3.8, 4) is 0 Å². The summed E-state index contributed by atoms with van der Waals surface area (Å²) in [7, 11) is 0. The first-order chi connectivity index (χ1) is 11.5. The molecule has 25 heavy (non-hydrogen) atoms. The Morgan fingerprint density at radius 3 is 2.80 bits per heavy atom. The average Bonchev–Trinajstić information content (AvgIpc) is 3.16. The summed E-state index contributed by atoms with van der Waals surface area (Å²) in [6.45, 7) is 6.88. The fourth-order valence-corrected chi connectivity index (χ4v) is 3.63. The lowest BCUT2D eigenvalue weighted by molar-refractivity contribution is 0.0282. The van der Waals surface area contributed by atoms with Crippen molar-refractivity contribution >= 4 is 29.9 Å². The van der Waals surface area contributed by atoms with Crippen molar-refractivity contribution in [2.45, 2.75) is 50.7 Å². The second-order valence-electron chi connectivity index (χ2n) is 7.14. The molecule has 1 fully saturated rings. The van der Waals surface area contributed by atoms with Gasteiger partial charge < -0.3 is 20.5 Å². The first kappa shape index (κ1) is 20.5. The number of ether oxygens (including phenoxy) is 1. The molecule has 1 aromatic rings. The van der Waals surface area contributed by atoms with Crippen LogP contribution in [0.1, 0.15) is 44.2 Å². The van der Waals surface area contributed by atoms with Crippen LogP contribution in [0.2, 0.25) is 0 Å². The largest absolute Gasteiger partial charge is 0.383 e. The van der Waals surface area contributed by atoms with Crippen molar-refractivity contribution in [3.63, 3.8) is 0 Å². The normalized spacial score (nSPS) is 28.4. The number of hydrogen-bond donors (Lipinski definition) is 3. The topological polar surface area (TPSA) is 65.9 Å². The molecule has 0 saturated carbocycles. The quantitative estimate of drug-likeness (QED) is 0.360. The van der Waals surface area contributed by atoms with E-state index in [0.717, 1.165) is 50.4 Å². The minimum atomic E-state index is -0.819. The van der Waals surface area contributed by atoms with E-state index in [-0.39, 0.29) is 29.6 Å². The van der Waals surface area contributed by atoms with Crippen LogP contribution < -0.4 is 10.6 Å². The van der Waals surface area contributed by atoms with E-state index in [0.29, 0.717) is 13.1 Å². The molecule has 1 aromatic carbocycles. The third-order valence-corrected chi connectivity index (χ3v) is 5.09. The van der Waals surface area contributed by atoms with Gasteiger partial charge >= 0.3 is 0 Å². The molecule has 1 saturated heterocycles. The molecular weight excluding hydrogens is 429 g/mol. The Morgan fingerprint density at radius 2 is 2.08 bits per heavy atom. The van der Waals surface area contributed by atoms with Crippen LogP contribution in [-0.4, -0.2) is 42.9 Å². The number of aliphatic hydroxyl groups is 1. The number of halogens is 1. The Hall–Kier alpha value is -0.860. The lowest BCUT2D eigenvalue weighted by Crippen LogP contribution is -2.45. The second-order valence-corrected chi connectivity index (χ2v) is 7.14. The molecule has 0 radical (unpaired) electrons. The van der Waals surface area contributed by atoms with E-state index in [1.165, 1.54) is 5.56 Å². The highest BCUT2D eigenvalue weighted by molar-refractivity contribution is 14.0. The summed E-state index contributed by atoms with van der Waals surface area (Å²) in [5, 5.41) is 17.6. The number of nitrogens with one attached hydrogen (secondary N) is 2. The van der Waals surface area contributed by atoms with Crippen molar-refractivity contribution < 1.29 is 9.84 Å². The zero-order chi connectivity index (χ0) is 17.0. The third kappa shape index (κ3) is 4.86. The molecule has 0 amide bonds. The van der Waals surface area contributed by atoms with Gasteiger partial charge in [0.2, 0.25) is 0 Å². The number of fused-ring (bicyclic) bond motifs is 1. The van der Waals surface area contributed by atoms with Crippen molar-refractivity contribution in [1.82, 2.24) is 10.6 Å². The smallest absolute Gasteiger partial charge is 0.191 e. The van der Waals surface area contributed by atoms with Crippen molar-refractivity contribution in [1.29, 1.82) is 0 Å². The minimum absolute atomic E-state index is 0. The lowest BCUT2D eigenvalue weighted by Gasteiger charge is -2.26. The standard InChI is InChI=1S/C19H29N3O2.HI/c1-3-20-17(21-13-18(2)10-6-12-24-18)22-14-19(23)11-9-15-7-4-5-8-16(15)19;/h4-5,7-8,23H,3,6,9-14H2,1-2H3,(H2,20,21,22);1H. The number of guanidine groups is 1. The van der Waals surface area contributed by atoms with E-state index in [9.17, 15) is 5.11 Å². The molecule has 2 atom stereocenters. The molecule has 2 unspecified atom stereocenters. The van der Waals surface area contributed by atoms with Gasteiger partial charge in [0, 0.05) is 13.2 Å². The summed E-state index contributed by atoms with van der Waals surface area (Å²) in [5.74, 6) is 0.743. The van der Waals surface area contributed by atoms with Gasteiger partial charge in [-0.3, -0.25) is 4.99 Å². The first-order valence-corrected chi connectivity index (χ1v) is 9.02. The average molecular weight is 459 g/mol. The zero-order valence-electron chi connectivity index (χ0n) is 15.2. The first-order valence-electron chi connectivity index (χ1n) is 9.02. The van der Waals surface area contributed by atoms with Crippen LogP contribution in [-0.2, 0) is 16.8 Å². The van der Waals surface area contributed by atoms with Crippen LogP contribution in [0.3, 0.4) is 0 Å². The number of benzene rings is 1. The van der Waals surface area contributed by atoms with Crippen LogP contribution >= 0.6 is 24.0 Å². The van der Waals surface area contributed by atoms with Crippen LogP contribution in [0, 0.1) is 0 Å². The lowest BCUT2D eigenvalue weighted by atomic mass is 9.96.